The van der Waals surface area contributed by atoms with Crippen LogP contribution < -0.4 is 4.72 Å². The monoisotopic (exact) mass is 293 g/mol. The number of methoxy groups -OCH3 is 1. The van der Waals surface area contributed by atoms with Gasteiger partial charge in [-0.1, -0.05) is 36.4 Å². The van der Waals surface area contributed by atoms with Crippen molar-refractivity contribution in [2.75, 3.05) is 13.7 Å². The predicted octanol–water partition coefficient (Wildman–Crippen LogP) is 2.54. The molecule has 0 aromatic heterocycles. The summed E-state index contributed by atoms with van der Waals surface area (Å²) in [6, 6.07) is 12.6. The molecular formula is C15H19NO3S. The van der Waals surface area contributed by atoms with Gasteiger partial charge in [-0.15, -0.1) is 0 Å². The topological polar surface area (TPSA) is 55.4 Å². The Morgan fingerprint density at radius 3 is 2.60 bits per heavy atom. The minimum atomic E-state index is -3.52. The summed E-state index contributed by atoms with van der Waals surface area (Å²) >= 11 is 0. The second-order valence-electron chi connectivity index (χ2n) is 4.78. The van der Waals surface area contributed by atoms with Gasteiger partial charge in [0.2, 0.25) is 10.0 Å². The third-order valence-corrected chi connectivity index (χ3v) is 4.80. The van der Waals surface area contributed by atoms with Gasteiger partial charge in [-0.05, 0) is 24.8 Å². The fourth-order valence-corrected chi connectivity index (χ4v) is 3.62. The summed E-state index contributed by atoms with van der Waals surface area (Å²) in [5.74, 6) is 0. The predicted molar refractivity (Wildman–Crippen MR) is 80.2 cm³/mol. The standard InChI is InChI=1S/C15H19NO3S/c1-12(10-11-19-2)16-20(17,18)15-9-5-7-13-6-3-4-8-14(13)15/h3-9,12,16H,10-11H2,1-2H3. The van der Waals surface area contributed by atoms with Crippen molar-refractivity contribution in [3.8, 4) is 0 Å². The molecule has 0 heterocycles. The highest BCUT2D eigenvalue weighted by atomic mass is 32.2. The van der Waals surface area contributed by atoms with Gasteiger partial charge in [-0.2, -0.15) is 0 Å². The maximum atomic E-state index is 12.5. The maximum Gasteiger partial charge on any atom is 0.241 e. The Balaban J connectivity index is 2.32. The Bertz CT molecular complexity index is 677. The van der Waals surface area contributed by atoms with Gasteiger partial charge < -0.3 is 4.74 Å². The van der Waals surface area contributed by atoms with Crippen LogP contribution in [0, 0.1) is 0 Å². The van der Waals surface area contributed by atoms with E-state index in [-0.39, 0.29) is 6.04 Å². The van der Waals surface area contributed by atoms with Gasteiger partial charge >= 0.3 is 0 Å². The highest BCUT2D eigenvalue weighted by Crippen LogP contribution is 2.22. The molecule has 20 heavy (non-hydrogen) atoms. The van der Waals surface area contributed by atoms with Crippen LogP contribution in [-0.4, -0.2) is 28.2 Å². The van der Waals surface area contributed by atoms with Gasteiger partial charge in [0.1, 0.15) is 0 Å². The lowest BCUT2D eigenvalue weighted by molar-refractivity contribution is 0.188. The number of fused-ring (bicyclic) bond motifs is 1. The number of ether oxygens (including phenoxy) is 1. The van der Waals surface area contributed by atoms with Crippen LogP contribution >= 0.6 is 0 Å². The molecule has 0 aliphatic heterocycles. The first-order chi connectivity index (χ1) is 9.54. The van der Waals surface area contributed by atoms with Gasteiger partial charge in [0.15, 0.2) is 0 Å². The third-order valence-electron chi connectivity index (χ3n) is 3.15. The van der Waals surface area contributed by atoms with E-state index in [9.17, 15) is 8.42 Å². The van der Waals surface area contributed by atoms with Crippen LogP contribution in [0.1, 0.15) is 13.3 Å². The smallest absolute Gasteiger partial charge is 0.241 e. The highest BCUT2D eigenvalue weighted by Gasteiger charge is 2.19. The van der Waals surface area contributed by atoms with Crippen LogP contribution in [0.4, 0.5) is 0 Å². The first-order valence-corrected chi connectivity index (χ1v) is 8.02. The van der Waals surface area contributed by atoms with Crippen molar-refractivity contribution in [3.05, 3.63) is 42.5 Å². The van der Waals surface area contributed by atoms with Crippen LogP contribution in [0.2, 0.25) is 0 Å². The Morgan fingerprint density at radius 2 is 1.85 bits per heavy atom. The number of hydrogen-bond donors (Lipinski definition) is 1. The van der Waals surface area contributed by atoms with Crippen LogP contribution in [0.25, 0.3) is 10.8 Å². The first kappa shape index (κ1) is 15.0. The zero-order valence-corrected chi connectivity index (χ0v) is 12.5. The molecule has 0 bridgehead atoms. The van der Waals surface area contributed by atoms with Gasteiger partial charge in [0, 0.05) is 25.1 Å². The number of benzene rings is 2. The summed E-state index contributed by atoms with van der Waals surface area (Å²) in [6.45, 7) is 2.36. The zero-order chi connectivity index (χ0) is 14.6. The normalized spacial score (nSPS) is 13.5. The Morgan fingerprint density at radius 1 is 1.15 bits per heavy atom. The molecule has 0 saturated heterocycles. The minimum absolute atomic E-state index is 0.168. The quantitative estimate of drug-likeness (QED) is 0.890. The summed E-state index contributed by atoms with van der Waals surface area (Å²) in [5.41, 5.74) is 0. The van der Waals surface area contributed by atoms with Gasteiger partial charge in [-0.3, -0.25) is 0 Å². The molecule has 1 N–H and O–H groups in total. The number of hydrogen-bond acceptors (Lipinski definition) is 3. The largest absolute Gasteiger partial charge is 0.385 e. The molecular weight excluding hydrogens is 274 g/mol. The average Bonchev–Trinajstić information content (AvgIpc) is 2.44. The van der Waals surface area contributed by atoms with E-state index < -0.39 is 10.0 Å². The summed E-state index contributed by atoms with van der Waals surface area (Å²) in [7, 11) is -1.92. The van der Waals surface area contributed by atoms with Crippen molar-refractivity contribution in [3.63, 3.8) is 0 Å². The second kappa shape index (κ2) is 6.35. The number of sulfonamides is 1. The molecule has 0 aliphatic carbocycles. The van der Waals surface area contributed by atoms with Crippen molar-refractivity contribution in [2.45, 2.75) is 24.3 Å². The van der Waals surface area contributed by atoms with E-state index in [0.717, 1.165) is 10.8 Å². The molecule has 0 radical (unpaired) electrons. The maximum absolute atomic E-state index is 12.5. The van der Waals surface area contributed by atoms with Gasteiger partial charge in [0.05, 0.1) is 4.90 Å². The lowest BCUT2D eigenvalue weighted by atomic mass is 10.1. The Kier molecular flexibility index (Phi) is 4.75. The Labute approximate surface area is 119 Å². The van der Waals surface area contributed by atoms with Crippen LogP contribution in [0.15, 0.2) is 47.4 Å². The average molecular weight is 293 g/mol. The highest BCUT2D eigenvalue weighted by molar-refractivity contribution is 7.89. The number of nitrogens with one attached hydrogen (secondary N) is 1. The van der Waals surface area contributed by atoms with Crippen molar-refractivity contribution in [1.82, 2.24) is 4.72 Å². The fourth-order valence-electron chi connectivity index (χ4n) is 2.11. The van der Waals surface area contributed by atoms with E-state index in [2.05, 4.69) is 4.72 Å². The molecule has 0 fully saturated rings. The van der Waals surface area contributed by atoms with Gasteiger partial charge in [0.25, 0.3) is 0 Å². The second-order valence-corrected chi connectivity index (χ2v) is 6.46. The SMILES string of the molecule is COCCC(C)NS(=O)(=O)c1cccc2ccccc12. The fraction of sp³-hybridized carbons (Fsp3) is 0.333. The third kappa shape index (κ3) is 3.36. The molecule has 1 atom stereocenters. The van der Waals surface area contributed by atoms with E-state index in [1.807, 2.05) is 37.3 Å². The lowest BCUT2D eigenvalue weighted by Crippen LogP contribution is -2.33. The summed E-state index contributed by atoms with van der Waals surface area (Å²) in [4.78, 5) is 0.319. The summed E-state index contributed by atoms with van der Waals surface area (Å²) in [6.07, 6.45) is 0.639. The molecule has 5 heteroatoms. The first-order valence-electron chi connectivity index (χ1n) is 6.53. The van der Waals surface area contributed by atoms with E-state index in [1.54, 1.807) is 19.2 Å². The van der Waals surface area contributed by atoms with Crippen molar-refractivity contribution >= 4 is 20.8 Å². The van der Waals surface area contributed by atoms with Crippen LogP contribution in [-0.2, 0) is 14.8 Å². The van der Waals surface area contributed by atoms with Crippen molar-refractivity contribution < 1.29 is 13.2 Å². The molecule has 0 amide bonds. The van der Waals surface area contributed by atoms with Crippen molar-refractivity contribution in [2.24, 2.45) is 0 Å². The number of rotatable bonds is 6. The minimum Gasteiger partial charge on any atom is -0.385 e. The van der Waals surface area contributed by atoms with E-state index in [0.29, 0.717) is 17.9 Å². The van der Waals surface area contributed by atoms with E-state index in [4.69, 9.17) is 4.74 Å². The Hall–Kier alpha value is -1.43. The van der Waals surface area contributed by atoms with E-state index in [1.165, 1.54) is 0 Å². The molecule has 2 rings (SSSR count). The molecule has 0 aliphatic rings. The molecule has 2 aromatic rings. The van der Waals surface area contributed by atoms with Gasteiger partial charge in [-0.25, -0.2) is 13.1 Å². The molecule has 4 nitrogen and oxygen atoms in total. The van der Waals surface area contributed by atoms with Crippen LogP contribution in [0.5, 0.6) is 0 Å². The van der Waals surface area contributed by atoms with E-state index >= 15 is 0 Å². The molecule has 1 unspecified atom stereocenters. The summed E-state index contributed by atoms with van der Waals surface area (Å²) in [5, 5.41) is 1.65. The lowest BCUT2D eigenvalue weighted by Gasteiger charge is -2.15. The molecule has 108 valence electrons. The van der Waals surface area contributed by atoms with Crippen LogP contribution in [0.3, 0.4) is 0 Å². The van der Waals surface area contributed by atoms with Crippen molar-refractivity contribution in [1.29, 1.82) is 0 Å². The summed E-state index contributed by atoms with van der Waals surface area (Å²) < 4.78 is 32.6. The molecule has 0 saturated carbocycles. The molecule has 0 spiro atoms. The zero-order valence-electron chi connectivity index (χ0n) is 11.7. The molecule has 2 aromatic carbocycles.